The number of carbonyl (C=O) groups excluding carboxylic acids is 2. The molecule has 1 saturated heterocycles. The van der Waals surface area contributed by atoms with Crippen molar-refractivity contribution in [3.63, 3.8) is 0 Å². The average molecular weight is 465 g/mol. The molecule has 4 rings (SSSR count). The molecule has 1 aromatic heterocycles. The molecule has 168 valence electrons. The molecule has 1 aliphatic heterocycles. The lowest BCUT2D eigenvalue weighted by Crippen LogP contribution is -2.29. The van der Waals surface area contributed by atoms with E-state index < -0.39 is 27.8 Å². The maximum absolute atomic E-state index is 13.1. The predicted molar refractivity (Wildman–Crippen MR) is 120 cm³/mol. The third-order valence-corrected chi connectivity index (χ3v) is 6.13. The standard InChI is InChI=1S/C23H19N3O6S/c1-32-16-6-4-5-14(13-16)21(27)19-20(18-7-2-3-12-25-18)26(23(29)22(19)28)15-8-10-17(11-9-15)33(24,30)31/h2-13,20,27H,1H3,(H2,24,30,31)/b21-19+. The molecule has 2 heterocycles. The number of amides is 1. The van der Waals surface area contributed by atoms with Crippen molar-refractivity contribution in [2.45, 2.75) is 10.9 Å². The maximum Gasteiger partial charge on any atom is 0.300 e. The van der Waals surface area contributed by atoms with E-state index >= 15 is 0 Å². The van der Waals surface area contributed by atoms with Crippen LogP contribution in [0.5, 0.6) is 5.75 Å². The first kappa shape index (κ1) is 22.2. The number of hydrogen-bond donors (Lipinski definition) is 2. The summed E-state index contributed by atoms with van der Waals surface area (Å²) >= 11 is 0. The summed E-state index contributed by atoms with van der Waals surface area (Å²) in [5.41, 5.74) is 0.724. The van der Waals surface area contributed by atoms with Crippen LogP contribution in [0.2, 0.25) is 0 Å². The molecular formula is C23H19N3O6S. The Bertz CT molecular complexity index is 1370. The van der Waals surface area contributed by atoms with Gasteiger partial charge in [0.05, 0.1) is 23.3 Å². The Morgan fingerprint density at radius 2 is 1.79 bits per heavy atom. The number of hydrogen-bond acceptors (Lipinski definition) is 7. The Balaban J connectivity index is 1.91. The number of carbonyl (C=O) groups is 2. The molecule has 0 spiro atoms. The number of rotatable bonds is 5. The van der Waals surface area contributed by atoms with Gasteiger partial charge in [0.1, 0.15) is 17.6 Å². The normalized spacial score (nSPS) is 17.9. The first-order valence-corrected chi connectivity index (χ1v) is 11.3. The zero-order chi connectivity index (χ0) is 23.8. The van der Waals surface area contributed by atoms with Gasteiger partial charge < -0.3 is 9.84 Å². The monoisotopic (exact) mass is 465 g/mol. The van der Waals surface area contributed by atoms with Crippen molar-refractivity contribution < 1.29 is 27.9 Å². The molecule has 0 bridgehead atoms. The lowest BCUT2D eigenvalue weighted by Gasteiger charge is -2.24. The van der Waals surface area contributed by atoms with Crippen LogP contribution in [0.15, 0.2) is 83.4 Å². The van der Waals surface area contributed by atoms with Gasteiger partial charge in [0.15, 0.2) is 0 Å². The number of nitrogens with two attached hydrogens (primary N) is 1. The third kappa shape index (κ3) is 4.09. The van der Waals surface area contributed by atoms with Crippen LogP contribution in [0.3, 0.4) is 0 Å². The van der Waals surface area contributed by atoms with E-state index in [9.17, 15) is 23.1 Å². The molecule has 1 amide bonds. The summed E-state index contributed by atoms with van der Waals surface area (Å²) in [4.78, 5) is 31.5. The predicted octanol–water partition coefficient (Wildman–Crippen LogP) is 2.36. The second kappa shape index (κ2) is 8.49. The van der Waals surface area contributed by atoms with Crippen LogP contribution in [-0.2, 0) is 19.6 Å². The molecule has 0 aliphatic carbocycles. The molecule has 9 nitrogen and oxygen atoms in total. The highest BCUT2D eigenvalue weighted by atomic mass is 32.2. The molecule has 3 aromatic rings. The van der Waals surface area contributed by atoms with Crippen LogP contribution in [0.25, 0.3) is 5.76 Å². The minimum absolute atomic E-state index is 0.145. The van der Waals surface area contributed by atoms with E-state index in [0.717, 1.165) is 0 Å². The first-order valence-electron chi connectivity index (χ1n) is 9.71. The molecule has 10 heteroatoms. The van der Waals surface area contributed by atoms with E-state index in [2.05, 4.69) is 4.98 Å². The Hall–Kier alpha value is -4.02. The van der Waals surface area contributed by atoms with Crippen LogP contribution >= 0.6 is 0 Å². The van der Waals surface area contributed by atoms with Crippen LogP contribution in [-0.4, -0.2) is 37.3 Å². The molecule has 33 heavy (non-hydrogen) atoms. The van der Waals surface area contributed by atoms with Crippen LogP contribution in [0.1, 0.15) is 17.3 Å². The van der Waals surface area contributed by atoms with Crippen molar-refractivity contribution >= 4 is 33.2 Å². The lowest BCUT2D eigenvalue weighted by molar-refractivity contribution is -0.132. The zero-order valence-electron chi connectivity index (χ0n) is 17.4. The number of primary sulfonamides is 1. The number of sulfonamides is 1. The highest BCUT2D eigenvalue weighted by Crippen LogP contribution is 2.41. The molecule has 2 aromatic carbocycles. The number of pyridine rings is 1. The van der Waals surface area contributed by atoms with Crippen molar-refractivity contribution in [1.29, 1.82) is 0 Å². The largest absolute Gasteiger partial charge is 0.507 e. The quantitative estimate of drug-likeness (QED) is 0.335. The zero-order valence-corrected chi connectivity index (χ0v) is 18.2. The number of aliphatic hydroxyl groups excluding tert-OH is 1. The van der Waals surface area contributed by atoms with E-state index in [-0.39, 0.29) is 27.5 Å². The molecule has 0 saturated carbocycles. The van der Waals surface area contributed by atoms with Crippen molar-refractivity contribution in [3.8, 4) is 5.75 Å². The minimum atomic E-state index is -3.94. The van der Waals surface area contributed by atoms with Crippen molar-refractivity contribution in [2.24, 2.45) is 5.14 Å². The van der Waals surface area contributed by atoms with Gasteiger partial charge in [0.25, 0.3) is 11.7 Å². The molecule has 3 N–H and O–H groups in total. The summed E-state index contributed by atoms with van der Waals surface area (Å²) in [5.74, 6) is -1.72. The molecule has 1 fully saturated rings. The van der Waals surface area contributed by atoms with Crippen LogP contribution in [0, 0.1) is 0 Å². The number of nitrogens with zero attached hydrogens (tertiary/aromatic N) is 2. The number of ether oxygens (including phenoxy) is 1. The van der Waals surface area contributed by atoms with E-state index in [1.165, 1.54) is 42.5 Å². The number of aliphatic hydroxyl groups is 1. The number of Topliss-reactive ketones (excluding diaryl/α,β-unsaturated/α-hetero) is 1. The summed E-state index contributed by atoms with van der Waals surface area (Å²) < 4.78 is 28.4. The number of benzene rings is 2. The second-order valence-electron chi connectivity index (χ2n) is 7.19. The van der Waals surface area contributed by atoms with Gasteiger partial charge in [0.2, 0.25) is 10.0 Å². The van der Waals surface area contributed by atoms with Gasteiger partial charge in [-0.1, -0.05) is 18.2 Å². The Labute approximate surface area is 189 Å². The minimum Gasteiger partial charge on any atom is -0.507 e. The summed E-state index contributed by atoms with van der Waals surface area (Å²) in [7, 11) is -2.47. The van der Waals surface area contributed by atoms with Crippen molar-refractivity contribution in [1.82, 2.24) is 4.98 Å². The summed E-state index contributed by atoms with van der Waals surface area (Å²) in [6.07, 6.45) is 1.51. The van der Waals surface area contributed by atoms with E-state index in [1.807, 2.05) is 0 Å². The topological polar surface area (TPSA) is 140 Å². The highest BCUT2D eigenvalue weighted by Gasteiger charge is 2.47. The molecule has 1 aliphatic rings. The van der Waals surface area contributed by atoms with Gasteiger partial charge in [0, 0.05) is 17.4 Å². The molecule has 1 atom stereocenters. The van der Waals surface area contributed by atoms with Gasteiger partial charge in [-0.25, -0.2) is 13.6 Å². The van der Waals surface area contributed by atoms with Crippen LogP contribution < -0.4 is 14.8 Å². The van der Waals surface area contributed by atoms with Gasteiger partial charge in [-0.15, -0.1) is 0 Å². The van der Waals surface area contributed by atoms with Gasteiger partial charge in [-0.2, -0.15) is 0 Å². The highest BCUT2D eigenvalue weighted by molar-refractivity contribution is 7.89. The molecule has 1 unspecified atom stereocenters. The third-order valence-electron chi connectivity index (χ3n) is 5.20. The number of aromatic nitrogens is 1. The second-order valence-corrected chi connectivity index (χ2v) is 8.76. The van der Waals surface area contributed by atoms with Crippen LogP contribution in [0.4, 0.5) is 5.69 Å². The SMILES string of the molecule is COc1cccc(/C(O)=C2\C(=O)C(=O)N(c3ccc(S(N)(=O)=O)cc3)C2c2ccccn2)c1. The fourth-order valence-electron chi connectivity index (χ4n) is 3.64. The van der Waals surface area contributed by atoms with Gasteiger partial charge in [-0.3, -0.25) is 19.5 Å². The number of methoxy groups -OCH3 is 1. The summed E-state index contributed by atoms with van der Waals surface area (Å²) in [5, 5.41) is 16.2. The molecule has 0 radical (unpaired) electrons. The summed E-state index contributed by atoms with van der Waals surface area (Å²) in [6, 6.07) is 15.6. The number of anilines is 1. The first-order chi connectivity index (χ1) is 15.7. The fraction of sp³-hybridized carbons (Fsp3) is 0.0870. The Kier molecular flexibility index (Phi) is 5.71. The van der Waals surface area contributed by atoms with Crippen molar-refractivity contribution in [2.75, 3.05) is 12.0 Å². The lowest BCUT2D eigenvalue weighted by atomic mass is 9.98. The maximum atomic E-state index is 13.1. The fourth-order valence-corrected chi connectivity index (χ4v) is 4.15. The average Bonchev–Trinajstić information content (AvgIpc) is 3.09. The number of ketones is 1. The van der Waals surface area contributed by atoms with Gasteiger partial charge >= 0.3 is 0 Å². The smallest absolute Gasteiger partial charge is 0.300 e. The van der Waals surface area contributed by atoms with E-state index in [0.29, 0.717) is 11.4 Å². The summed E-state index contributed by atoms with van der Waals surface area (Å²) in [6.45, 7) is 0. The van der Waals surface area contributed by atoms with Gasteiger partial charge in [-0.05, 0) is 48.5 Å². The van der Waals surface area contributed by atoms with E-state index in [1.54, 1.807) is 42.5 Å². The Morgan fingerprint density at radius 1 is 1.06 bits per heavy atom. The van der Waals surface area contributed by atoms with E-state index in [4.69, 9.17) is 9.88 Å². The Morgan fingerprint density at radius 3 is 2.39 bits per heavy atom. The van der Waals surface area contributed by atoms with Crippen molar-refractivity contribution in [3.05, 3.63) is 89.8 Å². The molecular weight excluding hydrogens is 446 g/mol.